The molecular formula is C19H24BrCl2N3O. The molecule has 2 aromatic rings. The van der Waals surface area contributed by atoms with Gasteiger partial charge in [0.25, 0.3) is 5.91 Å². The minimum atomic E-state index is -0.0133. The lowest BCUT2D eigenvalue weighted by molar-refractivity contribution is 0.0948. The lowest BCUT2D eigenvalue weighted by Gasteiger charge is -2.19. The Morgan fingerprint density at radius 2 is 1.77 bits per heavy atom. The van der Waals surface area contributed by atoms with Crippen LogP contribution in [0.2, 0.25) is 0 Å². The second-order valence-electron chi connectivity index (χ2n) is 6.19. The van der Waals surface area contributed by atoms with Gasteiger partial charge in [-0.25, -0.2) is 0 Å². The zero-order valence-corrected chi connectivity index (χ0v) is 17.6. The molecule has 0 spiro atoms. The summed E-state index contributed by atoms with van der Waals surface area (Å²) in [6, 6.07) is 15.9. The monoisotopic (exact) mass is 459 g/mol. The Bertz CT molecular complexity index is 695. The SMILES string of the molecule is Cl.Cl.NCc1ccc(C(=O)NCC2CCN(c3ccc(Br)cc3)C2)cc1. The highest BCUT2D eigenvalue weighted by Gasteiger charge is 2.23. The second kappa shape index (κ2) is 10.8. The lowest BCUT2D eigenvalue weighted by Crippen LogP contribution is -2.31. The topological polar surface area (TPSA) is 58.4 Å². The van der Waals surface area contributed by atoms with E-state index in [0.717, 1.165) is 29.5 Å². The third-order valence-corrected chi connectivity index (χ3v) is 5.01. The smallest absolute Gasteiger partial charge is 0.251 e. The van der Waals surface area contributed by atoms with Crippen molar-refractivity contribution >= 4 is 52.3 Å². The predicted molar refractivity (Wildman–Crippen MR) is 116 cm³/mol. The van der Waals surface area contributed by atoms with Crippen molar-refractivity contribution in [2.24, 2.45) is 11.7 Å². The molecule has 142 valence electrons. The zero-order chi connectivity index (χ0) is 16.9. The van der Waals surface area contributed by atoms with Gasteiger partial charge in [0, 0.05) is 41.9 Å². The maximum Gasteiger partial charge on any atom is 0.251 e. The number of benzene rings is 2. The first-order valence-corrected chi connectivity index (χ1v) is 9.03. The van der Waals surface area contributed by atoms with Crippen LogP contribution >= 0.6 is 40.7 Å². The summed E-state index contributed by atoms with van der Waals surface area (Å²) >= 11 is 3.46. The molecule has 0 saturated carbocycles. The highest BCUT2D eigenvalue weighted by atomic mass is 79.9. The number of hydrogen-bond donors (Lipinski definition) is 2. The molecule has 0 bridgehead atoms. The molecular weight excluding hydrogens is 437 g/mol. The van der Waals surface area contributed by atoms with Gasteiger partial charge >= 0.3 is 0 Å². The Morgan fingerprint density at radius 1 is 1.12 bits per heavy atom. The van der Waals surface area contributed by atoms with E-state index in [-0.39, 0.29) is 30.7 Å². The van der Waals surface area contributed by atoms with Gasteiger partial charge in [0.15, 0.2) is 0 Å². The first kappa shape index (κ1) is 22.8. The van der Waals surface area contributed by atoms with Crippen LogP contribution in [0.5, 0.6) is 0 Å². The molecule has 1 fully saturated rings. The number of halogens is 3. The van der Waals surface area contributed by atoms with Crippen molar-refractivity contribution in [3.05, 3.63) is 64.1 Å². The molecule has 1 saturated heterocycles. The maximum atomic E-state index is 12.2. The predicted octanol–water partition coefficient (Wildman–Crippen LogP) is 4.01. The van der Waals surface area contributed by atoms with Crippen molar-refractivity contribution < 1.29 is 4.79 Å². The van der Waals surface area contributed by atoms with Gasteiger partial charge in [-0.3, -0.25) is 4.79 Å². The average Bonchev–Trinajstić information content (AvgIpc) is 3.09. The van der Waals surface area contributed by atoms with Crippen LogP contribution < -0.4 is 16.0 Å². The summed E-state index contributed by atoms with van der Waals surface area (Å²) < 4.78 is 1.09. The average molecular weight is 461 g/mol. The van der Waals surface area contributed by atoms with Crippen molar-refractivity contribution in [2.75, 3.05) is 24.5 Å². The number of rotatable bonds is 5. The molecule has 1 unspecified atom stereocenters. The normalized spacial score (nSPS) is 15.8. The van der Waals surface area contributed by atoms with E-state index in [1.54, 1.807) is 0 Å². The molecule has 2 aromatic carbocycles. The number of nitrogens with zero attached hydrogens (tertiary/aromatic N) is 1. The molecule has 1 aliphatic heterocycles. The fraction of sp³-hybridized carbons (Fsp3) is 0.316. The Balaban J connectivity index is 0.00000169. The van der Waals surface area contributed by atoms with Crippen LogP contribution in [0.1, 0.15) is 22.3 Å². The molecule has 0 radical (unpaired) electrons. The molecule has 0 aliphatic carbocycles. The van der Waals surface area contributed by atoms with Crippen LogP contribution in [0.4, 0.5) is 5.69 Å². The summed E-state index contributed by atoms with van der Waals surface area (Å²) in [4.78, 5) is 14.6. The van der Waals surface area contributed by atoms with Crippen LogP contribution in [0.15, 0.2) is 53.0 Å². The summed E-state index contributed by atoms with van der Waals surface area (Å²) in [5.74, 6) is 0.474. The minimum absolute atomic E-state index is 0. The highest BCUT2D eigenvalue weighted by molar-refractivity contribution is 9.10. The zero-order valence-electron chi connectivity index (χ0n) is 14.4. The van der Waals surface area contributed by atoms with Crippen LogP contribution in [0.25, 0.3) is 0 Å². The number of anilines is 1. The van der Waals surface area contributed by atoms with Crippen LogP contribution in [0, 0.1) is 5.92 Å². The highest BCUT2D eigenvalue weighted by Crippen LogP contribution is 2.25. The van der Waals surface area contributed by atoms with Crippen LogP contribution in [-0.4, -0.2) is 25.5 Å². The van der Waals surface area contributed by atoms with Gasteiger partial charge in [-0.1, -0.05) is 28.1 Å². The van der Waals surface area contributed by atoms with Gasteiger partial charge in [0.2, 0.25) is 0 Å². The second-order valence-corrected chi connectivity index (χ2v) is 7.10. The van der Waals surface area contributed by atoms with E-state index in [0.29, 0.717) is 24.6 Å². The van der Waals surface area contributed by atoms with E-state index in [2.05, 4.69) is 50.4 Å². The van der Waals surface area contributed by atoms with E-state index in [1.165, 1.54) is 5.69 Å². The minimum Gasteiger partial charge on any atom is -0.371 e. The Labute approximate surface area is 175 Å². The number of carbonyl (C=O) groups excluding carboxylic acids is 1. The van der Waals surface area contributed by atoms with E-state index in [1.807, 2.05) is 24.3 Å². The number of amides is 1. The molecule has 7 heteroatoms. The maximum absolute atomic E-state index is 12.2. The third kappa shape index (κ3) is 5.88. The van der Waals surface area contributed by atoms with E-state index < -0.39 is 0 Å². The Hall–Kier alpha value is -1.27. The van der Waals surface area contributed by atoms with Crippen molar-refractivity contribution in [1.82, 2.24) is 5.32 Å². The quantitative estimate of drug-likeness (QED) is 0.708. The van der Waals surface area contributed by atoms with Crippen molar-refractivity contribution in [2.45, 2.75) is 13.0 Å². The van der Waals surface area contributed by atoms with E-state index in [9.17, 15) is 4.79 Å². The molecule has 26 heavy (non-hydrogen) atoms. The van der Waals surface area contributed by atoms with Crippen LogP contribution in [-0.2, 0) is 6.54 Å². The van der Waals surface area contributed by atoms with Crippen molar-refractivity contribution in [1.29, 1.82) is 0 Å². The van der Waals surface area contributed by atoms with Gasteiger partial charge in [0.05, 0.1) is 0 Å². The first-order chi connectivity index (χ1) is 11.7. The van der Waals surface area contributed by atoms with Crippen molar-refractivity contribution in [3.8, 4) is 0 Å². The van der Waals surface area contributed by atoms with Gasteiger partial charge in [-0.2, -0.15) is 0 Å². The fourth-order valence-electron chi connectivity index (χ4n) is 3.02. The molecule has 3 N–H and O–H groups in total. The van der Waals surface area contributed by atoms with E-state index in [4.69, 9.17) is 5.73 Å². The fourth-order valence-corrected chi connectivity index (χ4v) is 3.28. The number of nitrogens with two attached hydrogens (primary N) is 1. The van der Waals surface area contributed by atoms with Gasteiger partial charge in [-0.05, 0) is 54.3 Å². The number of carbonyl (C=O) groups is 1. The number of hydrogen-bond acceptors (Lipinski definition) is 3. The first-order valence-electron chi connectivity index (χ1n) is 8.23. The summed E-state index contributed by atoms with van der Waals surface area (Å²) in [5.41, 5.74) is 8.54. The van der Waals surface area contributed by atoms with Crippen molar-refractivity contribution in [3.63, 3.8) is 0 Å². The Kier molecular flexibility index (Phi) is 9.44. The molecule has 1 heterocycles. The van der Waals surface area contributed by atoms with E-state index >= 15 is 0 Å². The summed E-state index contributed by atoms with van der Waals surface area (Å²) in [5, 5.41) is 3.06. The molecule has 4 nitrogen and oxygen atoms in total. The molecule has 3 rings (SSSR count). The van der Waals surface area contributed by atoms with Crippen LogP contribution in [0.3, 0.4) is 0 Å². The standard InChI is InChI=1S/C19H22BrN3O.2ClH/c20-17-5-7-18(8-6-17)23-10-9-15(13-23)12-22-19(24)16-3-1-14(11-21)2-4-16;;/h1-8,15H,9-13,21H2,(H,22,24);2*1H. The Morgan fingerprint density at radius 3 is 2.38 bits per heavy atom. The third-order valence-electron chi connectivity index (χ3n) is 4.48. The molecule has 1 aliphatic rings. The molecule has 1 atom stereocenters. The summed E-state index contributed by atoms with van der Waals surface area (Å²) in [7, 11) is 0. The van der Waals surface area contributed by atoms with Gasteiger partial charge in [-0.15, -0.1) is 24.8 Å². The molecule has 0 aromatic heterocycles. The summed E-state index contributed by atoms with van der Waals surface area (Å²) in [6.45, 7) is 3.22. The van der Waals surface area contributed by atoms with Gasteiger partial charge in [0.1, 0.15) is 0 Å². The molecule has 1 amide bonds. The summed E-state index contributed by atoms with van der Waals surface area (Å²) in [6.07, 6.45) is 1.10. The van der Waals surface area contributed by atoms with Gasteiger partial charge < -0.3 is 16.0 Å². The largest absolute Gasteiger partial charge is 0.371 e. The number of nitrogens with one attached hydrogen (secondary N) is 1. The lowest BCUT2D eigenvalue weighted by atomic mass is 10.1.